The summed E-state index contributed by atoms with van der Waals surface area (Å²) in [5, 5.41) is 9.81. The van der Waals surface area contributed by atoms with Crippen LogP contribution in [-0.2, 0) is 4.74 Å². The zero-order chi connectivity index (χ0) is 18.4. The summed E-state index contributed by atoms with van der Waals surface area (Å²) in [6.45, 7) is 3.05. The molecule has 0 unspecified atom stereocenters. The molecule has 3 fully saturated rings. The Kier molecular flexibility index (Phi) is 4.10. The van der Waals surface area contributed by atoms with Crippen molar-refractivity contribution in [2.45, 2.75) is 56.0 Å². The average molecular weight is 366 g/mol. The highest BCUT2D eigenvalue weighted by Gasteiger charge is 2.40. The maximum absolute atomic E-state index is 12.7. The first-order chi connectivity index (χ1) is 13.2. The summed E-state index contributed by atoms with van der Waals surface area (Å²) in [5.41, 5.74) is 2.96. The molecule has 3 aliphatic rings. The van der Waals surface area contributed by atoms with Gasteiger partial charge in [-0.2, -0.15) is 5.26 Å². The lowest BCUT2D eigenvalue weighted by Gasteiger charge is -2.44. The van der Waals surface area contributed by atoms with Crippen molar-refractivity contribution in [2.75, 3.05) is 26.3 Å². The van der Waals surface area contributed by atoms with Crippen LogP contribution in [0.2, 0.25) is 0 Å². The SMILES string of the molecule is N#CC1(N2CCC(n3c(=O)[nH]c4ccc(C5CC5)cc43)CC2)CCOCC1. The second-order valence-electron chi connectivity index (χ2n) is 8.32. The van der Waals surface area contributed by atoms with E-state index in [1.54, 1.807) is 0 Å². The average Bonchev–Trinajstić information content (AvgIpc) is 3.51. The Morgan fingerprint density at radius 2 is 1.89 bits per heavy atom. The molecule has 1 saturated carbocycles. The van der Waals surface area contributed by atoms with E-state index in [1.165, 1.54) is 18.4 Å². The van der Waals surface area contributed by atoms with Gasteiger partial charge in [-0.1, -0.05) is 6.07 Å². The van der Waals surface area contributed by atoms with Crippen molar-refractivity contribution in [3.63, 3.8) is 0 Å². The van der Waals surface area contributed by atoms with Crippen LogP contribution in [-0.4, -0.2) is 46.3 Å². The van der Waals surface area contributed by atoms with Crippen LogP contribution in [0, 0.1) is 11.3 Å². The molecule has 1 aromatic carbocycles. The van der Waals surface area contributed by atoms with E-state index in [0.717, 1.165) is 49.8 Å². The van der Waals surface area contributed by atoms with Gasteiger partial charge < -0.3 is 9.72 Å². The van der Waals surface area contributed by atoms with E-state index in [2.05, 4.69) is 34.2 Å². The number of aromatic nitrogens is 2. The summed E-state index contributed by atoms with van der Waals surface area (Å²) < 4.78 is 7.44. The van der Waals surface area contributed by atoms with E-state index < -0.39 is 0 Å². The summed E-state index contributed by atoms with van der Waals surface area (Å²) in [7, 11) is 0. The molecule has 0 bridgehead atoms. The molecule has 5 rings (SSSR count). The number of rotatable bonds is 3. The number of likely N-dealkylation sites (tertiary alicyclic amines) is 1. The van der Waals surface area contributed by atoms with Crippen molar-refractivity contribution in [1.29, 1.82) is 5.26 Å². The second kappa shape index (κ2) is 6.50. The van der Waals surface area contributed by atoms with Crippen LogP contribution in [0.1, 0.15) is 56.0 Å². The van der Waals surface area contributed by atoms with Gasteiger partial charge in [-0.05, 0) is 49.3 Å². The molecule has 3 heterocycles. The molecule has 1 N–H and O–H groups in total. The molecule has 1 aromatic heterocycles. The number of hydrogen-bond acceptors (Lipinski definition) is 4. The topological polar surface area (TPSA) is 74.0 Å². The van der Waals surface area contributed by atoms with Crippen molar-refractivity contribution in [2.24, 2.45) is 0 Å². The van der Waals surface area contributed by atoms with Crippen LogP contribution in [0.4, 0.5) is 0 Å². The molecular weight excluding hydrogens is 340 g/mol. The molecule has 0 radical (unpaired) electrons. The minimum absolute atomic E-state index is 0.00235. The maximum atomic E-state index is 12.7. The van der Waals surface area contributed by atoms with Gasteiger partial charge in [0, 0.05) is 45.2 Å². The number of imidazole rings is 1. The van der Waals surface area contributed by atoms with Gasteiger partial charge in [0.2, 0.25) is 0 Å². The van der Waals surface area contributed by atoms with Gasteiger partial charge in [0.25, 0.3) is 0 Å². The molecule has 27 heavy (non-hydrogen) atoms. The van der Waals surface area contributed by atoms with Gasteiger partial charge in [-0.3, -0.25) is 9.47 Å². The molecule has 0 amide bonds. The molecule has 2 aromatic rings. The third kappa shape index (κ3) is 2.90. The number of piperidine rings is 1. The number of nitriles is 1. The molecule has 2 aliphatic heterocycles. The molecule has 0 spiro atoms. The highest BCUT2D eigenvalue weighted by Crippen LogP contribution is 2.41. The quantitative estimate of drug-likeness (QED) is 0.906. The van der Waals surface area contributed by atoms with Crippen molar-refractivity contribution < 1.29 is 4.74 Å². The zero-order valence-corrected chi connectivity index (χ0v) is 15.6. The number of nitrogens with one attached hydrogen (secondary N) is 1. The minimum Gasteiger partial charge on any atom is -0.381 e. The molecule has 6 heteroatoms. The van der Waals surface area contributed by atoms with Crippen molar-refractivity contribution in [1.82, 2.24) is 14.5 Å². The largest absolute Gasteiger partial charge is 0.381 e. The summed E-state index contributed by atoms with van der Waals surface area (Å²) in [6.07, 6.45) is 5.91. The fourth-order valence-corrected chi connectivity index (χ4v) is 4.93. The summed E-state index contributed by atoms with van der Waals surface area (Å²) in [5.74, 6) is 0.679. The number of aromatic amines is 1. The Balaban J connectivity index is 1.39. The number of fused-ring (bicyclic) bond motifs is 1. The monoisotopic (exact) mass is 366 g/mol. The lowest BCUT2D eigenvalue weighted by molar-refractivity contribution is -0.0119. The standard InChI is InChI=1S/C21H26N4O2/c22-14-21(7-11-27-12-8-21)24-9-5-17(6-10-24)25-19-13-16(15-1-2-15)3-4-18(19)23-20(25)26/h3-4,13,15,17H,1-2,5-12H2,(H,23,26). The van der Waals surface area contributed by atoms with Crippen LogP contribution in [0.25, 0.3) is 11.0 Å². The Morgan fingerprint density at radius 3 is 2.56 bits per heavy atom. The predicted octanol–water partition coefficient (Wildman–Crippen LogP) is 2.92. The normalized spacial score (nSPS) is 24.1. The summed E-state index contributed by atoms with van der Waals surface area (Å²) >= 11 is 0. The van der Waals surface area contributed by atoms with E-state index in [-0.39, 0.29) is 17.3 Å². The molecule has 6 nitrogen and oxygen atoms in total. The molecule has 1 aliphatic carbocycles. The van der Waals surface area contributed by atoms with Gasteiger partial charge >= 0.3 is 5.69 Å². The predicted molar refractivity (Wildman–Crippen MR) is 103 cm³/mol. The maximum Gasteiger partial charge on any atom is 0.326 e. The first kappa shape index (κ1) is 17.0. The summed E-state index contributed by atoms with van der Waals surface area (Å²) in [4.78, 5) is 18.0. The Morgan fingerprint density at radius 1 is 1.15 bits per heavy atom. The molecule has 0 atom stereocenters. The van der Waals surface area contributed by atoms with E-state index >= 15 is 0 Å². The van der Waals surface area contributed by atoms with Crippen LogP contribution in [0.5, 0.6) is 0 Å². The third-order valence-electron chi connectivity index (χ3n) is 6.75. The van der Waals surface area contributed by atoms with Crippen molar-refractivity contribution in [3.8, 4) is 6.07 Å². The second-order valence-corrected chi connectivity index (χ2v) is 8.32. The molecule has 2 saturated heterocycles. The molecular formula is C21H26N4O2. The number of hydrogen-bond donors (Lipinski definition) is 1. The Bertz CT molecular complexity index is 935. The lowest BCUT2D eigenvalue weighted by atomic mass is 9.87. The smallest absolute Gasteiger partial charge is 0.326 e. The Hall–Kier alpha value is -2.10. The first-order valence-corrected chi connectivity index (χ1v) is 10.2. The third-order valence-corrected chi connectivity index (χ3v) is 6.75. The zero-order valence-electron chi connectivity index (χ0n) is 15.6. The number of benzene rings is 1. The van der Waals surface area contributed by atoms with Crippen LogP contribution >= 0.6 is 0 Å². The van der Waals surface area contributed by atoms with Gasteiger partial charge in [0.1, 0.15) is 5.54 Å². The first-order valence-electron chi connectivity index (χ1n) is 10.2. The van der Waals surface area contributed by atoms with Crippen LogP contribution in [0.15, 0.2) is 23.0 Å². The number of H-pyrrole nitrogens is 1. The number of nitrogens with zero attached hydrogens (tertiary/aromatic N) is 3. The van der Waals surface area contributed by atoms with E-state index in [0.29, 0.717) is 19.1 Å². The highest BCUT2D eigenvalue weighted by atomic mass is 16.5. The fourth-order valence-electron chi connectivity index (χ4n) is 4.93. The van der Waals surface area contributed by atoms with E-state index in [9.17, 15) is 10.1 Å². The van der Waals surface area contributed by atoms with Crippen LogP contribution < -0.4 is 5.69 Å². The van der Waals surface area contributed by atoms with Crippen LogP contribution in [0.3, 0.4) is 0 Å². The lowest BCUT2D eigenvalue weighted by Crippen LogP contribution is -2.54. The van der Waals surface area contributed by atoms with Gasteiger partial charge in [-0.25, -0.2) is 4.79 Å². The molecule has 142 valence electrons. The summed E-state index contributed by atoms with van der Waals surface area (Å²) in [6, 6.07) is 9.21. The van der Waals surface area contributed by atoms with E-state index in [4.69, 9.17) is 4.74 Å². The van der Waals surface area contributed by atoms with Gasteiger partial charge in [0.05, 0.1) is 17.1 Å². The van der Waals surface area contributed by atoms with Gasteiger partial charge in [-0.15, -0.1) is 0 Å². The van der Waals surface area contributed by atoms with E-state index in [1.807, 2.05) is 4.57 Å². The van der Waals surface area contributed by atoms with Gasteiger partial charge in [0.15, 0.2) is 0 Å². The number of ether oxygens (including phenoxy) is 1. The minimum atomic E-state index is -0.381. The van der Waals surface area contributed by atoms with Crippen molar-refractivity contribution in [3.05, 3.63) is 34.2 Å². The Labute approximate surface area is 158 Å². The van der Waals surface area contributed by atoms with Crippen molar-refractivity contribution >= 4 is 11.0 Å². The highest BCUT2D eigenvalue weighted by molar-refractivity contribution is 5.76. The fraction of sp³-hybridized carbons (Fsp3) is 0.619.